The lowest BCUT2D eigenvalue weighted by molar-refractivity contribution is 1.06. The average Bonchev–Trinajstić information content (AvgIpc) is 3.04. The van der Waals surface area contributed by atoms with Gasteiger partial charge in [-0.2, -0.15) is 5.10 Å². The maximum atomic E-state index is 4.13. The number of nitrogens with one attached hydrogen (secondary N) is 1. The normalized spacial score (nSPS) is 15.5. The number of aromatic nitrogens is 2. The molecule has 0 saturated heterocycles. The standard InChI is InChI=1S/C11H10BrN3/c12-9-3-1-2-8-10(14-7-4-5-7)6-13-15-11(8)9/h1-3,6-7H,4-5H2,(H,14,15). The molecule has 1 N–H and O–H groups in total. The summed E-state index contributed by atoms with van der Waals surface area (Å²) in [7, 11) is 0. The zero-order valence-electron chi connectivity index (χ0n) is 8.07. The molecular formula is C11H10BrN3. The zero-order chi connectivity index (χ0) is 10.3. The second-order valence-electron chi connectivity index (χ2n) is 3.81. The molecule has 0 unspecified atom stereocenters. The molecule has 15 heavy (non-hydrogen) atoms. The van der Waals surface area contributed by atoms with Crippen LogP contribution < -0.4 is 5.32 Å². The summed E-state index contributed by atoms with van der Waals surface area (Å²) in [5, 5.41) is 12.7. The SMILES string of the molecule is Brc1cccc2c(NC3CC3)cnnc12. The Hall–Kier alpha value is -1.16. The summed E-state index contributed by atoms with van der Waals surface area (Å²) in [6.45, 7) is 0. The van der Waals surface area contributed by atoms with E-state index in [1.165, 1.54) is 12.8 Å². The van der Waals surface area contributed by atoms with Gasteiger partial charge < -0.3 is 5.32 Å². The van der Waals surface area contributed by atoms with Gasteiger partial charge in [0.2, 0.25) is 0 Å². The Balaban J connectivity index is 2.16. The van der Waals surface area contributed by atoms with Crippen LogP contribution in [0.3, 0.4) is 0 Å². The number of anilines is 1. The molecule has 3 nitrogen and oxygen atoms in total. The highest BCUT2D eigenvalue weighted by atomic mass is 79.9. The first-order valence-electron chi connectivity index (χ1n) is 5.01. The Kier molecular flexibility index (Phi) is 2.09. The predicted molar refractivity (Wildman–Crippen MR) is 63.9 cm³/mol. The van der Waals surface area contributed by atoms with Gasteiger partial charge in [-0.3, -0.25) is 0 Å². The molecule has 1 saturated carbocycles. The summed E-state index contributed by atoms with van der Waals surface area (Å²) < 4.78 is 0.993. The van der Waals surface area contributed by atoms with Gasteiger partial charge in [0, 0.05) is 15.9 Å². The van der Waals surface area contributed by atoms with Crippen molar-refractivity contribution in [2.45, 2.75) is 18.9 Å². The molecule has 0 bridgehead atoms. The Morgan fingerprint density at radius 2 is 2.20 bits per heavy atom. The van der Waals surface area contributed by atoms with Crippen LogP contribution in [0.1, 0.15) is 12.8 Å². The van der Waals surface area contributed by atoms with Gasteiger partial charge in [0.25, 0.3) is 0 Å². The Bertz CT molecular complexity index is 508. The molecule has 3 rings (SSSR count). The van der Waals surface area contributed by atoms with Crippen molar-refractivity contribution in [3.8, 4) is 0 Å². The lowest BCUT2D eigenvalue weighted by Crippen LogP contribution is -2.02. The van der Waals surface area contributed by atoms with Crippen molar-refractivity contribution in [3.63, 3.8) is 0 Å². The summed E-state index contributed by atoms with van der Waals surface area (Å²) in [4.78, 5) is 0. The molecule has 4 heteroatoms. The van der Waals surface area contributed by atoms with E-state index in [0.717, 1.165) is 21.1 Å². The molecule has 1 aromatic heterocycles. The van der Waals surface area contributed by atoms with Crippen LogP contribution in [0.4, 0.5) is 5.69 Å². The molecule has 76 valence electrons. The van der Waals surface area contributed by atoms with Crippen LogP contribution in [0.5, 0.6) is 0 Å². The van der Waals surface area contributed by atoms with Crippen molar-refractivity contribution in [3.05, 3.63) is 28.9 Å². The van der Waals surface area contributed by atoms with E-state index < -0.39 is 0 Å². The third kappa shape index (κ3) is 1.69. The lowest BCUT2D eigenvalue weighted by Gasteiger charge is -2.07. The summed E-state index contributed by atoms with van der Waals surface area (Å²) in [5.41, 5.74) is 2.01. The van der Waals surface area contributed by atoms with Gasteiger partial charge in [0.15, 0.2) is 0 Å². The van der Waals surface area contributed by atoms with E-state index in [0.29, 0.717) is 6.04 Å². The minimum absolute atomic E-state index is 0.636. The third-order valence-electron chi connectivity index (χ3n) is 2.56. The van der Waals surface area contributed by atoms with Gasteiger partial charge in [-0.25, -0.2) is 0 Å². The summed E-state index contributed by atoms with van der Waals surface area (Å²) in [6.07, 6.45) is 4.32. The van der Waals surface area contributed by atoms with E-state index in [9.17, 15) is 0 Å². The van der Waals surface area contributed by atoms with Gasteiger partial charge in [0.1, 0.15) is 5.52 Å². The maximum Gasteiger partial charge on any atom is 0.109 e. The average molecular weight is 264 g/mol. The highest BCUT2D eigenvalue weighted by Gasteiger charge is 2.21. The van der Waals surface area contributed by atoms with Crippen LogP contribution in [-0.2, 0) is 0 Å². The molecule has 1 aliphatic rings. The van der Waals surface area contributed by atoms with Gasteiger partial charge in [-0.1, -0.05) is 12.1 Å². The minimum Gasteiger partial charge on any atom is -0.380 e. The van der Waals surface area contributed by atoms with Crippen LogP contribution in [0.25, 0.3) is 10.9 Å². The second-order valence-corrected chi connectivity index (χ2v) is 4.67. The summed E-state index contributed by atoms with van der Waals surface area (Å²) in [6, 6.07) is 6.71. The monoisotopic (exact) mass is 263 g/mol. The Morgan fingerprint density at radius 3 is 3.00 bits per heavy atom. The predicted octanol–water partition coefficient (Wildman–Crippen LogP) is 2.97. The number of hydrogen-bond acceptors (Lipinski definition) is 3. The molecule has 1 heterocycles. The van der Waals surface area contributed by atoms with Crippen molar-refractivity contribution in [2.75, 3.05) is 5.32 Å². The molecule has 1 aliphatic carbocycles. The fourth-order valence-corrected chi connectivity index (χ4v) is 2.06. The van der Waals surface area contributed by atoms with Crippen LogP contribution >= 0.6 is 15.9 Å². The zero-order valence-corrected chi connectivity index (χ0v) is 9.66. The van der Waals surface area contributed by atoms with Gasteiger partial charge in [-0.15, -0.1) is 5.10 Å². The Morgan fingerprint density at radius 1 is 1.33 bits per heavy atom. The molecule has 2 aromatic rings. The molecular weight excluding hydrogens is 254 g/mol. The molecule has 1 aromatic carbocycles. The molecule has 0 radical (unpaired) electrons. The van der Waals surface area contributed by atoms with Gasteiger partial charge in [-0.05, 0) is 34.8 Å². The molecule has 1 fully saturated rings. The maximum absolute atomic E-state index is 4.13. The van der Waals surface area contributed by atoms with E-state index in [1.807, 2.05) is 12.1 Å². The largest absolute Gasteiger partial charge is 0.380 e. The van der Waals surface area contributed by atoms with E-state index in [4.69, 9.17) is 0 Å². The molecule has 0 atom stereocenters. The van der Waals surface area contributed by atoms with E-state index in [1.54, 1.807) is 6.20 Å². The van der Waals surface area contributed by atoms with Crippen LogP contribution in [0.15, 0.2) is 28.9 Å². The second kappa shape index (κ2) is 3.45. The van der Waals surface area contributed by atoms with Crippen molar-refractivity contribution >= 4 is 32.5 Å². The number of rotatable bonds is 2. The van der Waals surface area contributed by atoms with Crippen molar-refractivity contribution in [1.29, 1.82) is 0 Å². The topological polar surface area (TPSA) is 37.8 Å². The number of fused-ring (bicyclic) bond motifs is 1. The van der Waals surface area contributed by atoms with E-state index in [-0.39, 0.29) is 0 Å². The number of nitrogens with zero attached hydrogens (tertiary/aromatic N) is 2. The van der Waals surface area contributed by atoms with Crippen molar-refractivity contribution < 1.29 is 0 Å². The minimum atomic E-state index is 0.636. The quantitative estimate of drug-likeness (QED) is 0.906. The van der Waals surface area contributed by atoms with Crippen LogP contribution in [-0.4, -0.2) is 16.2 Å². The van der Waals surface area contributed by atoms with Gasteiger partial charge >= 0.3 is 0 Å². The number of hydrogen-bond donors (Lipinski definition) is 1. The highest BCUT2D eigenvalue weighted by molar-refractivity contribution is 9.10. The first kappa shape index (κ1) is 9.09. The lowest BCUT2D eigenvalue weighted by atomic mass is 10.2. The van der Waals surface area contributed by atoms with Crippen molar-refractivity contribution in [1.82, 2.24) is 10.2 Å². The van der Waals surface area contributed by atoms with E-state index in [2.05, 4.69) is 37.5 Å². The summed E-state index contributed by atoms with van der Waals surface area (Å²) in [5.74, 6) is 0. The molecule has 0 amide bonds. The smallest absolute Gasteiger partial charge is 0.109 e. The summed E-state index contributed by atoms with van der Waals surface area (Å²) >= 11 is 3.48. The third-order valence-corrected chi connectivity index (χ3v) is 3.20. The molecule has 0 aliphatic heterocycles. The van der Waals surface area contributed by atoms with E-state index >= 15 is 0 Å². The number of benzene rings is 1. The van der Waals surface area contributed by atoms with Crippen molar-refractivity contribution in [2.24, 2.45) is 0 Å². The first-order valence-corrected chi connectivity index (χ1v) is 5.80. The fourth-order valence-electron chi connectivity index (χ4n) is 1.61. The highest BCUT2D eigenvalue weighted by Crippen LogP contribution is 2.30. The fraction of sp³-hybridized carbons (Fsp3) is 0.273. The van der Waals surface area contributed by atoms with Gasteiger partial charge in [0.05, 0.1) is 11.9 Å². The van der Waals surface area contributed by atoms with Crippen LogP contribution in [0.2, 0.25) is 0 Å². The first-order chi connectivity index (χ1) is 7.34. The number of halogens is 1. The Labute approximate surface area is 96.0 Å². The van der Waals surface area contributed by atoms with Crippen LogP contribution in [0, 0.1) is 0 Å². The molecule has 0 spiro atoms.